The predicted octanol–water partition coefficient (Wildman–Crippen LogP) is 1.30. The molecule has 19 heavy (non-hydrogen) atoms. The molecular weight excluding hydrogens is 242 g/mol. The van der Waals surface area contributed by atoms with Crippen LogP contribution >= 0.6 is 0 Å². The minimum Gasteiger partial charge on any atom is -0.409 e. The molecular formula is C14H15N3O2. The Kier molecular flexibility index (Phi) is 3.66. The van der Waals surface area contributed by atoms with Crippen LogP contribution in [0.3, 0.4) is 0 Å². The lowest BCUT2D eigenvalue weighted by molar-refractivity contribution is 0.318. The van der Waals surface area contributed by atoms with Crippen molar-refractivity contribution in [3.63, 3.8) is 0 Å². The molecule has 0 amide bonds. The molecule has 98 valence electrons. The molecule has 0 aliphatic rings. The van der Waals surface area contributed by atoms with Gasteiger partial charge in [0.25, 0.3) is 5.56 Å². The van der Waals surface area contributed by atoms with E-state index in [-0.39, 0.29) is 11.4 Å². The predicted molar refractivity (Wildman–Crippen MR) is 73.5 cm³/mol. The van der Waals surface area contributed by atoms with Gasteiger partial charge in [0.15, 0.2) is 5.84 Å². The van der Waals surface area contributed by atoms with E-state index in [9.17, 15) is 4.79 Å². The quantitative estimate of drug-likeness (QED) is 0.376. The second kappa shape index (κ2) is 5.39. The summed E-state index contributed by atoms with van der Waals surface area (Å²) in [6, 6.07) is 12.4. The van der Waals surface area contributed by atoms with Gasteiger partial charge in [-0.05, 0) is 24.6 Å². The number of benzene rings is 1. The molecule has 0 aliphatic carbocycles. The maximum Gasteiger partial charge on any atom is 0.251 e. The van der Waals surface area contributed by atoms with Crippen LogP contribution in [-0.4, -0.2) is 15.6 Å². The summed E-state index contributed by atoms with van der Waals surface area (Å²) in [7, 11) is 0. The first-order chi connectivity index (χ1) is 9.11. The van der Waals surface area contributed by atoms with Gasteiger partial charge < -0.3 is 15.5 Å². The number of hydrogen-bond donors (Lipinski definition) is 2. The Balaban J connectivity index is 2.37. The Labute approximate surface area is 110 Å². The van der Waals surface area contributed by atoms with Gasteiger partial charge in [-0.2, -0.15) is 0 Å². The fourth-order valence-electron chi connectivity index (χ4n) is 1.90. The topological polar surface area (TPSA) is 80.6 Å². The third kappa shape index (κ3) is 2.82. The monoisotopic (exact) mass is 257 g/mol. The number of nitrogens with two attached hydrogens (primary N) is 1. The van der Waals surface area contributed by atoms with Crippen molar-refractivity contribution in [1.82, 2.24) is 4.57 Å². The van der Waals surface area contributed by atoms with Gasteiger partial charge in [0.2, 0.25) is 0 Å². The van der Waals surface area contributed by atoms with Crippen LogP contribution in [0.15, 0.2) is 52.4 Å². The van der Waals surface area contributed by atoms with Gasteiger partial charge in [-0.3, -0.25) is 4.79 Å². The smallest absolute Gasteiger partial charge is 0.251 e. The van der Waals surface area contributed by atoms with Crippen molar-refractivity contribution in [3.8, 4) is 0 Å². The van der Waals surface area contributed by atoms with E-state index in [4.69, 9.17) is 10.9 Å². The summed E-state index contributed by atoms with van der Waals surface area (Å²) < 4.78 is 1.67. The molecule has 2 aromatic rings. The van der Waals surface area contributed by atoms with E-state index in [1.165, 1.54) is 6.07 Å². The average Bonchev–Trinajstić information content (AvgIpc) is 2.42. The molecule has 0 unspecified atom stereocenters. The van der Waals surface area contributed by atoms with Gasteiger partial charge in [-0.1, -0.05) is 29.4 Å². The highest BCUT2D eigenvalue weighted by Gasteiger charge is 2.04. The van der Waals surface area contributed by atoms with Crippen LogP contribution in [0.1, 0.15) is 16.8 Å². The molecule has 2 rings (SSSR count). The van der Waals surface area contributed by atoms with Crippen LogP contribution in [-0.2, 0) is 6.54 Å². The van der Waals surface area contributed by atoms with Crippen molar-refractivity contribution in [1.29, 1.82) is 0 Å². The van der Waals surface area contributed by atoms with Gasteiger partial charge in [-0.15, -0.1) is 0 Å². The lowest BCUT2D eigenvalue weighted by Gasteiger charge is -2.10. The second-order valence-corrected chi connectivity index (χ2v) is 4.28. The number of hydrogen-bond acceptors (Lipinski definition) is 3. The number of oxime groups is 1. The van der Waals surface area contributed by atoms with Crippen LogP contribution in [0, 0.1) is 6.92 Å². The molecule has 0 saturated heterocycles. The van der Waals surface area contributed by atoms with Gasteiger partial charge in [0.05, 0.1) is 6.54 Å². The SMILES string of the molecule is Cc1cccc(=O)n1Cc1cccc(C(N)=NO)c1. The zero-order chi connectivity index (χ0) is 13.8. The summed E-state index contributed by atoms with van der Waals surface area (Å²) in [6.07, 6.45) is 0. The Bertz CT molecular complexity index is 674. The van der Waals surface area contributed by atoms with E-state index in [0.717, 1.165) is 11.3 Å². The minimum absolute atomic E-state index is 0.0470. The van der Waals surface area contributed by atoms with E-state index in [1.54, 1.807) is 22.8 Å². The molecule has 5 heteroatoms. The molecule has 0 saturated carbocycles. The number of rotatable bonds is 3. The Morgan fingerprint density at radius 3 is 2.74 bits per heavy atom. The minimum atomic E-state index is -0.0470. The van der Waals surface area contributed by atoms with Crippen molar-refractivity contribution in [2.45, 2.75) is 13.5 Å². The molecule has 0 aliphatic heterocycles. The molecule has 0 bridgehead atoms. The first kappa shape index (κ1) is 12.9. The molecule has 1 heterocycles. The van der Waals surface area contributed by atoms with E-state index in [1.807, 2.05) is 25.1 Å². The second-order valence-electron chi connectivity index (χ2n) is 4.28. The summed E-state index contributed by atoms with van der Waals surface area (Å²) in [4.78, 5) is 11.8. The van der Waals surface area contributed by atoms with Crippen molar-refractivity contribution in [2.75, 3.05) is 0 Å². The Hall–Kier alpha value is -2.56. The average molecular weight is 257 g/mol. The zero-order valence-corrected chi connectivity index (χ0v) is 10.6. The summed E-state index contributed by atoms with van der Waals surface area (Å²) in [5.74, 6) is 0.0546. The molecule has 0 spiro atoms. The van der Waals surface area contributed by atoms with E-state index >= 15 is 0 Å². The van der Waals surface area contributed by atoms with Gasteiger partial charge in [0, 0.05) is 17.3 Å². The lowest BCUT2D eigenvalue weighted by Crippen LogP contribution is -2.21. The first-order valence-corrected chi connectivity index (χ1v) is 5.85. The zero-order valence-electron chi connectivity index (χ0n) is 10.6. The van der Waals surface area contributed by atoms with Gasteiger partial charge in [-0.25, -0.2) is 0 Å². The standard InChI is InChI=1S/C14H15N3O2/c1-10-4-2-7-13(18)17(10)9-11-5-3-6-12(8-11)14(15)16-19/h2-8,19H,9H2,1H3,(H2,15,16). The van der Waals surface area contributed by atoms with Gasteiger partial charge in [0.1, 0.15) is 0 Å². The molecule has 1 aromatic carbocycles. The molecule has 3 N–H and O–H groups in total. The fourth-order valence-corrected chi connectivity index (χ4v) is 1.90. The largest absolute Gasteiger partial charge is 0.409 e. The number of aryl methyl sites for hydroxylation is 1. The number of amidine groups is 1. The third-order valence-corrected chi connectivity index (χ3v) is 2.94. The summed E-state index contributed by atoms with van der Waals surface area (Å²) >= 11 is 0. The Morgan fingerprint density at radius 1 is 1.32 bits per heavy atom. The molecule has 0 atom stereocenters. The first-order valence-electron chi connectivity index (χ1n) is 5.85. The molecule has 1 aromatic heterocycles. The van der Waals surface area contributed by atoms with Crippen molar-refractivity contribution in [2.24, 2.45) is 10.9 Å². The van der Waals surface area contributed by atoms with Crippen LogP contribution < -0.4 is 11.3 Å². The Morgan fingerprint density at radius 2 is 2.05 bits per heavy atom. The van der Waals surface area contributed by atoms with Crippen molar-refractivity contribution >= 4 is 5.84 Å². The van der Waals surface area contributed by atoms with E-state index < -0.39 is 0 Å². The molecule has 0 fully saturated rings. The lowest BCUT2D eigenvalue weighted by atomic mass is 10.1. The highest BCUT2D eigenvalue weighted by Crippen LogP contribution is 2.07. The van der Waals surface area contributed by atoms with Crippen LogP contribution in [0.4, 0.5) is 0 Å². The normalized spacial score (nSPS) is 11.5. The number of nitrogens with zero attached hydrogens (tertiary/aromatic N) is 2. The van der Waals surface area contributed by atoms with Crippen molar-refractivity contribution < 1.29 is 5.21 Å². The summed E-state index contributed by atoms with van der Waals surface area (Å²) in [6.45, 7) is 2.34. The van der Waals surface area contributed by atoms with Gasteiger partial charge >= 0.3 is 0 Å². The van der Waals surface area contributed by atoms with E-state index in [0.29, 0.717) is 12.1 Å². The number of pyridine rings is 1. The van der Waals surface area contributed by atoms with Crippen LogP contribution in [0.25, 0.3) is 0 Å². The fraction of sp³-hybridized carbons (Fsp3) is 0.143. The summed E-state index contributed by atoms with van der Waals surface area (Å²) in [5, 5.41) is 11.6. The maximum atomic E-state index is 11.8. The van der Waals surface area contributed by atoms with Crippen LogP contribution in [0.2, 0.25) is 0 Å². The molecule has 5 nitrogen and oxygen atoms in total. The van der Waals surface area contributed by atoms with Crippen molar-refractivity contribution in [3.05, 3.63) is 69.6 Å². The highest BCUT2D eigenvalue weighted by atomic mass is 16.4. The summed E-state index contributed by atoms with van der Waals surface area (Å²) in [5.41, 5.74) is 7.93. The third-order valence-electron chi connectivity index (χ3n) is 2.94. The van der Waals surface area contributed by atoms with E-state index in [2.05, 4.69) is 5.16 Å². The molecule has 0 radical (unpaired) electrons. The highest BCUT2D eigenvalue weighted by molar-refractivity contribution is 5.97. The number of aromatic nitrogens is 1. The van der Waals surface area contributed by atoms with Crippen LogP contribution in [0.5, 0.6) is 0 Å². The maximum absolute atomic E-state index is 11.8.